The van der Waals surface area contributed by atoms with Gasteiger partial charge in [-0.05, 0) is 60.2 Å². The number of benzene rings is 4. The molecule has 4 aromatic carbocycles. The van der Waals surface area contributed by atoms with E-state index in [0.717, 1.165) is 28.7 Å². The van der Waals surface area contributed by atoms with E-state index in [1.165, 1.54) is 42.1 Å². The quantitative estimate of drug-likeness (QED) is 0.234. The van der Waals surface area contributed by atoms with Crippen molar-refractivity contribution in [2.24, 2.45) is 0 Å². The van der Waals surface area contributed by atoms with Crippen LogP contribution < -0.4 is 10.0 Å². The summed E-state index contributed by atoms with van der Waals surface area (Å²) in [5, 5.41) is 2.76. The third-order valence-corrected chi connectivity index (χ3v) is 7.78. The Balaban J connectivity index is 1.44. The van der Waals surface area contributed by atoms with Crippen molar-refractivity contribution in [2.45, 2.75) is 21.7 Å². The minimum atomic E-state index is -4.60. The third kappa shape index (κ3) is 6.93. The highest BCUT2D eigenvalue weighted by atomic mass is 32.2. The molecular formula is C27H21F3N2O3S2. The molecule has 0 heterocycles. The molecule has 0 saturated heterocycles. The first kappa shape index (κ1) is 26.3. The van der Waals surface area contributed by atoms with Crippen LogP contribution in [0.1, 0.15) is 21.5 Å². The number of carbonyl (C=O) groups excluding carboxylic acids is 1. The highest BCUT2D eigenvalue weighted by molar-refractivity contribution is 7.98. The van der Waals surface area contributed by atoms with Gasteiger partial charge in [-0.1, -0.05) is 48.5 Å². The summed E-state index contributed by atoms with van der Waals surface area (Å²) in [5.74, 6) is 0.338. The maximum Gasteiger partial charge on any atom is 0.416 e. The van der Waals surface area contributed by atoms with Crippen molar-refractivity contribution in [1.29, 1.82) is 0 Å². The number of anilines is 2. The standard InChI is InChI=1S/C27H21F3N2O3S2/c28-27(29,30)20-9-6-10-22(17-20)32-37(34,35)23-15-13-21(14-16-23)31-26(33)24-11-4-5-12-25(24)36-18-19-7-2-1-3-8-19/h1-17,32H,18H2,(H,31,33). The van der Waals surface area contributed by atoms with Crippen LogP contribution in [0.4, 0.5) is 24.5 Å². The smallest absolute Gasteiger partial charge is 0.322 e. The van der Waals surface area contributed by atoms with Crippen LogP contribution in [0.25, 0.3) is 0 Å². The molecule has 0 atom stereocenters. The molecule has 37 heavy (non-hydrogen) atoms. The Labute approximate surface area is 216 Å². The highest BCUT2D eigenvalue weighted by Crippen LogP contribution is 2.31. The van der Waals surface area contributed by atoms with Crippen LogP contribution in [-0.4, -0.2) is 14.3 Å². The molecule has 10 heteroatoms. The molecule has 0 aliphatic carbocycles. The van der Waals surface area contributed by atoms with Crippen LogP contribution in [0.2, 0.25) is 0 Å². The lowest BCUT2D eigenvalue weighted by molar-refractivity contribution is -0.137. The van der Waals surface area contributed by atoms with Crippen molar-refractivity contribution in [1.82, 2.24) is 0 Å². The van der Waals surface area contributed by atoms with Crippen molar-refractivity contribution in [3.63, 3.8) is 0 Å². The zero-order valence-electron chi connectivity index (χ0n) is 19.2. The fraction of sp³-hybridized carbons (Fsp3) is 0.0741. The van der Waals surface area contributed by atoms with E-state index < -0.39 is 21.8 Å². The normalized spacial score (nSPS) is 11.6. The number of thioether (sulfide) groups is 1. The summed E-state index contributed by atoms with van der Waals surface area (Å²) in [4.78, 5) is 13.6. The number of hydrogen-bond acceptors (Lipinski definition) is 4. The number of sulfonamides is 1. The second-order valence-electron chi connectivity index (χ2n) is 7.93. The number of hydrogen-bond donors (Lipinski definition) is 2. The predicted molar refractivity (Wildman–Crippen MR) is 139 cm³/mol. The first-order valence-corrected chi connectivity index (χ1v) is 13.5. The van der Waals surface area contributed by atoms with Crippen LogP contribution in [0.3, 0.4) is 0 Å². The van der Waals surface area contributed by atoms with Gasteiger partial charge in [0.1, 0.15) is 0 Å². The van der Waals surface area contributed by atoms with E-state index in [2.05, 4.69) is 10.0 Å². The average Bonchev–Trinajstić information content (AvgIpc) is 2.88. The van der Waals surface area contributed by atoms with Crippen molar-refractivity contribution >= 4 is 39.1 Å². The number of carbonyl (C=O) groups is 1. The van der Waals surface area contributed by atoms with Crippen molar-refractivity contribution < 1.29 is 26.4 Å². The number of alkyl halides is 3. The van der Waals surface area contributed by atoms with Crippen LogP contribution >= 0.6 is 11.8 Å². The van der Waals surface area contributed by atoms with Gasteiger partial charge in [0, 0.05) is 22.0 Å². The van der Waals surface area contributed by atoms with Gasteiger partial charge in [-0.25, -0.2) is 8.42 Å². The van der Waals surface area contributed by atoms with Gasteiger partial charge in [0.15, 0.2) is 0 Å². The molecule has 0 radical (unpaired) electrons. The van der Waals surface area contributed by atoms with Gasteiger partial charge in [0.05, 0.1) is 16.0 Å². The first-order valence-electron chi connectivity index (χ1n) is 11.0. The van der Waals surface area contributed by atoms with Crippen molar-refractivity contribution in [3.05, 3.63) is 120 Å². The molecule has 0 aromatic heterocycles. The second-order valence-corrected chi connectivity index (χ2v) is 10.6. The summed E-state index contributed by atoms with van der Waals surface area (Å²) in [7, 11) is -4.15. The lowest BCUT2D eigenvalue weighted by atomic mass is 10.2. The molecule has 190 valence electrons. The first-order chi connectivity index (χ1) is 17.6. The molecule has 0 fully saturated rings. The Kier molecular flexibility index (Phi) is 7.89. The molecule has 4 aromatic rings. The van der Waals surface area contributed by atoms with Crippen LogP contribution in [-0.2, 0) is 22.0 Å². The van der Waals surface area contributed by atoms with E-state index in [-0.39, 0.29) is 16.5 Å². The maximum atomic E-state index is 12.9. The minimum Gasteiger partial charge on any atom is -0.322 e. The fourth-order valence-electron chi connectivity index (χ4n) is 3.40. The Morgan fingerprint density at radius 1 is 0.784 bits per heavy atom. The summed E-state index contributed by atoms with van der Waals surface area (Å²) in [6.07, 6.45) is -4.60. The predicted octanol–water partition coefficient (Wildman–Crippen LogP) is 7.05. The summed E-state index contributed by atoms with van der Waals surface area (Å²) in [5.41, 5.74) is 0.792. The third-order valence-electron chi connectivity index (χ3n) is 5.23. The Morgan fingerprint density at radius 3 is 2.16 bits per heavy atom. The van der Waals surface area contributed by atoms with Crippen LogP contribution in [0, 0.1) is 0 Å². The largest absolute Gasteiger partial charge is 0.416 e. The second kappa shape index (κ2) is 11.1. The average molecular weight is 543 g/mol. The molecule has 5 nitrogen and oxygen atoms in total. The van der Waals surface area contributed by atoms with Crippen LogP contribution in [0.5, 0.6) is 0 Å². The molecular weight excluding hydrogens is 521 g/mol. The maximum absolute atomic E-state index is 12.9. The van der Waals surface area contributed by atoms with E-state index in [4.69, 9.17) is 0 Å². The summed E-state index contributed by atoms with van der Waals surface area (Å²) in [6.45, 7) is 0. The molecule has 0 unspecified atom stereocenters. The van der Waals surface area contributed by atoms with E-state index >= 15 is 0 Å². The number of amides is 1. The fourth-order valence-corrected chi connectivity index (χ4v) is 5.46. The number of halogens is 3. The number of nitrogens with one attached hydrogen (secondary N) is 2. The molecule has 4 rings (SSSR count). The lowest BCUT2D eigenvalue weighted by Crippen LogP contribution is -2.15. The molecule has 0 aliphatic rings. The zero-order chi connectivity index (χ0) is 26.5. The molecule has 0 aliphatic heterocycles. The van der Waals surface area contributed by atoms with E-state index in [1.54, 1.807) is 12.1 Å². The van der Waals surface area contributed by atoms with Gasteiger partial charge in [-0.3, -0.25) is 9.52 Å². The van der Waals surface area contributed by atoms with Gasteiger partial charge in [-0.2, -0.15) is 13.2 Å². The topological polar surface area (TPSA) is 75.3 Å². The van der Waals surface area contributed by atoms with Gasteiger partial charge in [-0.15, -0.1) is 11.8 Å². The van der Waals surface area contributed by atoms with Crippen molar-refractivity contribution in [2.75, 3.05) is 10.0 Å². The van der Waals surface area contributed by atoms with Gasteiger partial charge in [0.2, 0.25) is 0 Å². The lowest BCUT2D eigenvalue weighted by Gasteiger charge is -2.12. The van der Waals surface area contributed by atoms with Gasteiger partial charge in [0.25, 0.3) is 15.9 Å². The van der Waals surface area contributed by atoms with Crippen molar-refractivity contribution in [3.8, 4) is 0 Å². The van der Waals surface area contributed by atoms with E-state index in [9.17, 15) is 26.4 Å². The SMILES string of the molecule is O=C(Nc1ccc(S(=O)(=O)Nc2cccc(C(F)(F)F)c2)cc1)c1ccccc1SCc1ccccc1. The summed E-state index contributed by atoms with van der Waals surface area (Å²) >= 11 is 1.53. The number of rotatable bonds is 8. The highest BCUT2D eigenvalue weighted by Gasteiger charge is 2.30. The van der Waals surface area contributed by atoms with Crippen LogP contribution in [0.15, 0.2) is 113 Å². The van der Waals surface area contributed by atoms with Gasteiger partial charge >= 0.3 is 6.18 Å². The molecule has 0 spiro atoms. The minimum absolute atomic E-state index is 0.165. The molecule has 1 amide bonds. The van der Waals surface area contributed by atoms with Gasteiger partial charge < -0.3 is 5.32 Å². The molecule has 0 saturated carbocycles. The molecule has 0 bridgehead atoms. The summed E-state index contributed by atoms with van der Waals surface area (Å²) in [6, 6.07) is 26.3. The Hall–Kier alpha value is -3.76. The Bertz CT molecular complexity index is 1490. The van der Waals surface area contributed by atoms with E-state index in [0.29, 0.717) is 17.0 Å². The monoisotopic (exact) mass is 542 g/mol. The van der Waals surface area contributed by atoms with E-state index in [1.807, 2.05) is 42.5 Å². The molecule has 2 N–H and O–H groups in total. The Morgan fingerprint density at radius 2 is 1.46 bits per heavy atom. The summed E-state index contributed by atoms with van der Waals surface area (Å²) < 4.78 is 66.3. The zero-order valence-corrected chi connectivity index (χ0v) is 20.8.